The first-order valence-corrected chi connectivity index (χ1v) is 7.70. The Morgan fingerprint density at radius 2 is 2.18 bits per heavy atom. The van der Waals surface area contributed by atoms with Crippen LogP contribution in [-0.2, 0) is 11.4 Å². The summed E-state index contributed by atoms with van der Waals surface area (Å²) in [5.41, 5.74) is 0.981. The van der Waals surface area contributed by atoms with Crippen LogP contribution >= 0.6 is 11.6 Å². The molecule has 1 fully saturated rings. The standard InChI is InChI=1S/C18H17ClO3/c1-12-3-2-4-16(19)18(12)21-11-15-8-7-14(22-15)9-10-17(20)13-5-6-13/h2-4,7-10,13H,5-6,11H2,1H3. The first kappa shape index (κ1) is 14.9. The Bertz CT molecular complexity index is 691. The quantitative estimate of drug-likeness (QED) is 0.718. The van der Waals surface area contributed by atoms with Crippen molar-refractivity contribution in [2.24, 2.45) is 5.92 Å². The molecule has 1 heterocycles. The number of para-hydroxylation sites is 1. The Morgan fingerprint density at radius 1 is 1.36 bits per heavy atom. The zero-order valence-electron chi connectivity index (χ0n) is 12.3. The SMILES string of the molecule is Cc1cccc(Cl)c1OCc1ccc(C=CC(=O)C2CC2)o1. The number of rotatable bonds is 6. The molecule has 1 aromatic heterocycles. The predicted molar refractivity (Wildman–Crippen MR) is 86.0 cm³/mol. The van der Waals surface area contributed by atoms with Crippen molar-refractivity contribution in [1.29, 1.82) is 0 Å². The minimum absolute atomic E-state index is 0.181. The number of aryl methyl sites for hydroxylation is 1. The number of ketones is 1. The van der Waals surface area contributed by atoms with E-state index in [1.54, 1.807) is 18.2 Å². The molecule has 0 amide bonds. The van der Waals surface area contributed by atoms with Crippen LogP contribution in [0.5, 0.6) is 5.75 Å². The van der Waals surface area contributed by atoms with Crippen molar-refractivity contribution >= 4 is 23.5 Å². The van der Waals surface area contributed by atoms with Crippen LogP contribution in [0.1, 0.15) is 29.9 Å². The summed E-state index contributed by atoms with van der Waals surface area (Å²) in [7, 11) is 0. The highest BCUT2D eigenvalue weighted by atomic mass is 35.5. The van der Waals surface area contributed by atoms with Crippen LogP contribution in [-0.4, -0.2) is 5.78 Å². The van der Waals surface area contributed by atoms with E-state index in [9.17, 15) is 4.79 Å². The van der Waals surface area contributed by atoms with Gasteiger partial charge in [0.15, 0.2) is 5.78 Å². The largest absolute Gasteiger partial charge is 0.484 e. The zero-order valence-corrected chi connectivity index (χ0v) is 13.1. The topological polar surface area (TPSA) is 39.4 Å². The number of ether oxygens (including phenoxy) is 1. The van der Waals surface area contributed by atoms with Gasteiger partial charge in [-0.3, -0.25) is 4.79 Å². The molecule has 0 aliphatic heterocycles. The van der Waals surface area contributed by atoms with Gasteiger partial charge in [0.1, 0.15) is 23.9 Å². The molecule has 2 aromatic rings. The van der Waals surface area contributed by atoms with Gasteiger partial charge in [0.25, 0.3) is 0 Å². The van der Waals surface area contributed by atoms with Gasteiger partial charge >= 0.3 is 0 Å². The zero-order chi connectivity index (χ0) is 15.5. The van der Waals surface area contributed by atoms with Crippen molar-refractivity contribution in [3.05, 3.63) is 58.5 Å². The lowest BCUT2D eigenvalue weighted by Gasteiger charge is -2.09. The maximum Gasteiger partial charge on any atom is 0.158 e. The molecule has 1 aliphatic carbocycles. The summed E-state index contributed by atoms with van der Waals surface area (Å²) in [6, 6.07) is 9.30. The van der Waals surface area contributed by atoms with E-state index in [2.05, 4.69) is 0 Å². The van der Waals surface area contributed by atoms with Crippen LogP contribution in [0.15, 0.2) is 40.8 Å². The Hall–Kier alpha value is -2.00. The Kier molecular flexibility index (Phi) is 4.34. The maximum absolute atomic E-state index is 11.6. The third kappa shape index (κ3) is 3.60. The van der Waals surface area contributed by atoms with Gasteiger partial charge in [-0.15, -0.1) is 0 Å². The number of carbonyl (C=O) groups excluding carboxylic acids is 1. The van der Waals surface area contributed by atoms with Crippen molar-refractivity contribution in [3.63, 3.8) is 0 Å². The molecule has 22 heavy (non-hydrogen) atoms. The second kappa shape index (κ2) is 6.41. The molecule has 0 radical (unpaired) electrons. The van der Waals surface area contributed by atoms with E-state index in [-0.39, 0.29) is 11.7 Å². The van der Waals surface area contributed by atoms with Gasteiger partial charge in [0, 0.05) is 5.92 Å². The fourth-order valence-corrected chi connectivity index (χ4v) is 2.45. The van der Waals surface area contributed by atoms with Crippen LogP contribution in [0.4, 0.5) is 0 Å². The van der Waals surface area contributed by atoms with Gasteiger partial charge in [-0.2, -0.15) is 0 Å². The Labute approximate surface area is 134 Å². The normalized spacial score (nSPS) is 14.5. The third-order valence-electron chi connectivity index (χ3n) is 3.60. The van der Waals surface area contributed by atoms with Crippen molar-refractivity contribution < 1.29 is 13.9 Å². The van der Waals surface area contributed by atoms with Gasteiger partial charge in [-0.25, -0.2) is 0 Å². The molecule has 0 N–H and O–H groups in total. The Morgan fingerprint density at radius 3 is 2.91 bits per heavy atom. The van der Waals surface area contributed by atoms with Gasteiger partial charge < -0.3 is 9.15 Å². The number of halogens is 1. The molecule has 0 bridgehead atoms. The fraction of sp³-hybridized carbons (Fsp3) is 0.278. The number of furan rings is 1. The summed E-state index contributed by atoms with van der Waals surface area (Å²) in [6.07, 6.45) is 5.33. The van der Waals surface area contributed by atoms with Gasteiger partial charge in [0.2, 0.25) is 0 Å². The number of hydrogen-bond acceptors (Lipinski definition) is 3. The van der Waals surface area contributed by atoms with E-state index < -0.39 is 0 Å². The van der Waals surface area contributed by atoms with Crippen LogP contribution in [0.3, 0.4) is 0 Å². The average Bonchev–Trinajstić information content (AvgIpc) is 3.25. The summed E-state index contributed by atoms with van der Waals surface area (Å²) < 4.78 is 11.4. The van der Waals surface area contributed by atoms with Crippen LogP contribution in [0, 0.1) is 12.8 Å². The lowest BCUT2D eigenvalue weighted by atomic mass is 10.2. The summed E-state index contributed by atoms with van der Waals surface area (Å²) >= 11 is 6.12. The van der Waals surface area contributed by atoms with Crippen molar-refractivity contribution in [3.8, 4) is 5.75 Å². The van der Waals surface area contributed by atoms with E-state index in [0.29, 0.717) is 28.9 Å². The predicted octanol–water partition coefficient (Wildman–Crippen LogP) is 4.81. The summed E-state index contributed by atoms with van der Waals surface area (Å²) in [6.45, 7) is 2.25. The first-order chi connectivity index (χ1) is 10.6. The molecular formula is C18H17ClO3. The van der Waals surface area contributed by atoms with E-state index in [1.165, 1.54) is 0 Å². The van der Waals surface area contributed by atoms with Crippen molar-refractivity contribution in [2.45, 2.75) is 26.4 Å². The number of allylic oxidation sites excluding steroid dienone is 1. The average molecular weight is 317 g/mol. The minimum atomic E-state index is 0.181. The first-order valence-electron chi connectivity index (χ1n) is 7.32. The summed E-state index contributed by atoms with van der Waals surface area (Å²) in [4.78, 5) is 11.6. The van der Waals surface area contributed by atoms with Gasteiger partial charge in [0.05, 0.1) is 5.02 Å². The second-order valence-corrected chi connectivity index (χ2v) is 5.90. The van der Waals surface area contributed by atoms with Crippen LogP contribution in [0.2, 0.25) is 5.02 Å². The molecule has 114 valence electrons. The highest BCUT2D eigenvalue weighted by molar-refractivity contribution is 6.32. The van der Waals surface area contributed by atoms with Crippen molar-refractivity contribution in [1.82, 2.24) is 0 Å². The lowest BCUT2D eigenvalue weighted by molar-refractivity contribution is -0.115. The Balaban J connectivity index is 1.61. The lowest BCUT2D eigenvalue weighted by Crippen LogP contribution is -1.96. The van der Waals surface area contributed by atoms with Gasteiger partial charge in [-0.05, 0) is 55.7 Å². The highest BCUT2D eigenvalue weighted by Crippen LogP contribution is 2.30. The second-order valence-electron chi connectivity index (χ2n) is 5.49. The molecule has 0 saturated heterocycles. The fourth-order valence-electron chi connectivity index (χ4n) is 2.17. The molecular weight excluding hydrogens is 300 g/mol. The highest BCUT2D eigenvalue weighted by Gasteiger charge is 2.27. The third-order valence-corrected chi connectivity index (χ3v) is 3.89. The summed E-state index contributed by atoms with van der Waals surface area (Å²) in [5, 5.41) is 0.585. The molecule has 0 unspecified atom stereocenters. The molecule has 3 rings (SSSR count). The smallest absolute Gasteiger partial charge is 0.158 e. The van der Waals surface area contributed by atoms with Crippen LogP contribution in [0.25, 0.3) is 6.08 Å². The van der Waals surface area contributed by atoms with E-state index in [0.717, 1.165) is 18.4 Å². The number of carbonyl (C=O) groups is 1. The van der Waals surface area contributed by atoms with E-state index in [1.807, 2.05) is 31.2 Å². The summed E-state index contributed by atoms with van der Waals surface area (Å²) in [5.74, 6) is 2.43. The number of benzene rings is 1. The maximum atomic E-state index is 11.6. The minimum Gasteiger partial charge on any atom is -0.484 e. The molecule has 4 heteroatoms. The molecule has 1 aromatic carbocycles. The monoisotopic (exact) mass is 316 g/mol. The van der Waals surface area contributed by atoms with Crippen molar-refractivity contribution in [2.75, 3.05) is 0 Å². The van der Waals surface area contributed by atoms with Gasteiger partial charge in [-0.1, -0.05) is 23.7 Å². The van der Waals surface area contributed by atoms with E-state index >= 15 is 0 Å². The molecule has 3 nitrogen and oxygen atoms in total. The van der Waals surface area contributed by atoms with Crippen LogP contribution < -0.4 is 4.74 Å². The van der Waals surface area contributed by atoms with E-state index in [4.69, 9.17) is 20.8 Å². The molecule has 1 aliphatic rings. The molecule has 0 atom stereocenters. The molecule has 0 spiro atoms. The number of hydrogen-bond donors (Lipinski definition) is 0. The molecule has 1 saturated carbocycles.